The van der Waals surface area contributed by atoms with Gasteiger partial charge in [-0.1, -0.05) is 31.5 Å². The zero-order chi connectivity index (χ0) is 16.5. The van der Waals surface area contributed by atoms with Gasteiger partial charge in [0.2, 0.25) is 5.95 Å². The normalized spacial score (nSPS) is 10.8. The smallest absolute Gasteiger partial charge is 0.229 e. The summed E-state index contributed by atoms with van der Waals surface area (Å²) in [4.78, 5) is 11.1. The molecule has 0 atom stereocenters. The van der Waals surface area contributed by atoms with Crippen molar-refractivity contribution in [1.82, 2.24) is 14.9 Å². The van der Waals surface area contributed by atoms with E-state index < -0.39 is 0 Å². The van der Waals surface area contributed by atoms with Crippen LogP contribution in [0.25, 0.3) is 0 Å². The number of anilines is 3. The van der Waals surface area contributed by atoms with Gasteiger partial charge in [-0.2, -0.15) is 4.98 Å². The van der Waals surface area contributed by atoms with Crippen molar-refractivity contribution in [3.05, 3.63) is 41.6 Å². The molecule has 5 nitrogen and oxygen atoms in total. The fourth-order valence-electron chi connectivity index (χ4n) is 2.27. The number of hydrogen-bond donors (Lipinski definition) is 2. The van der Waals surface area contributed by atoms with E-state index in [0.717, 1.165) is 44.1 Å². The largest absolute Gasteiger partial charge is 0.370 e. The molecule has 0 aliphatic heterocycles. The second kappa shape index (κ2) is 9.33. The predicted molar refractivity (Wildman–Crippen MR) is 97.7 cm³/mol. The van der Waals surface area contributed by atoms with Crippen molar-refractivity contribution in [2.45, 2.75) is 20.3 Å². The molecule has 0 spiro atoms. The van der Waals surface area contributed by atoms with Crippen LogP contribution in [0.2, 0.25) is 5.02 Å². The van der Waals surface area contributed by atoms with Gasteiger partial charge in [0, 0.05) is 23.5 Å². The number of benzene rings is 1. The van der Waals surface area contributed by atoms with E-state index in [1.165, 1.54) is 0 Å². The Hall–Kier alpha value is -1.85. The van der Waals surface area contributed by atoms with Crippen molar-refractivity contribution in [2.24, 2.45) is 0 Å². The van der Waals surface area contributed by atoms with E-state index in [0.29, 0.717) is 11.0 Å². The molecule has 1 heterocycles. The molecule has 0 amide bonds. The lowest BCUT2D eigenvalue weighted by Crippen LogP contribution is -2.25. The molecule has 2 N–H and O–H groups in total. The van der Waals surface area contributed by atoms with Crippen molar-refractivity contribution in [3.63, 3.8) is 0 Å². The molecule has 2 aromatic rings. The third-order valence-electron chi connectivity index (χ3n) is 3.59. The van der Waals surface area contributed by atoms with Gasteiger partial charge in [0.15, 0.2) is 0 Å². The molecule has 23 heavy (non-hydrogen) atoms. The average molecular weight is 334 g/mol. The predicted octanol–water partition coefficient (Wildman–Crippen LogP) is 4.02. The van der Waals surface area contributed by atoms with Crippen LogP contribution in [0, 0.1) is 0 Å². The van der Waals surface area contributed by atoms with Crippen molar-refractivity contribution >= 4 is 29.1 Å². The summed E-state index contributed by atoms with van der Waals surface area (Å²) in [5.41, 5.74) is 0.871. The first-order valence-electron chi connectivity index (χ1n) is 8.03. The molecule has 0 saturated carbocycles. The third kappa shape index (κ3) is 6.04. The highest BCUT2D eigenvalue weighted by atomic mass is 35.5. The SMILES string of the molecule is CCN(CC)CCCNc1ccnc(Nc2cccc(Cl)c2)n1. The summed E-state index contributed by atoms with van der Waals surface area (Å²) < 4.78 is 0. The van der Waals surface area contributed by atoms with E-state index in [1.807, 2.05) is 30.3 Å². The monoisotopic (exact) mass is 333 g/mol. The Morgan fingerprint density at radius 2 is 2.00 bits per heavy atom. The number of hydrogen-bond acceptors (Lipinski definition) is 5. The molecule has 0 radical (unpaired) electrons. The highest BCUT2D eigenvalue weighted by Crippen LogP contribution is 2.18. The minimum atomic E-state index is 0.556. The molecule has 2 rings (SSSR count). The van der Waals surface area contributed by atoms with Crippen LogP contribution in [-0.4, -0.2) is 41.0 Å². The number of nitrogens with one attached hydrogen (secondary N) is 2. The lowest BCUT2D eigenvalue weighted by atomic mass is 10.3. The van der Waals surface area contributed by atoms with Crippen LogP contribution < -0.4 is 10.6 Å². The Morgan fingerprint density at radius 1 is 1.17 bits per heavy atom. The fraction of sp³-hybridized carbons (Fsp3) is 0.412. The fourth-order valence-corrected chi connectivity index (χ4v) is 2.46. The van der Waals surface area contributed by atoms with Crippen LogP contribution in [-0.2, 0) is 0 Å². The van der Waals surface area contributed by atoms with Gasteiger partial charge in [-0.3, -0.25) is 0 Å². The lowest BCUT2D eigenvalue weighted by Gasteiger charge is -2.17. The molecular formula is C17H24ClN5. The molecule has 0 fully saturated rings. The number of halogens is 1. The van der Waals surface area contributed by atoms with Crippen LogP contribution in [0.3, 0.4) is 0 Å². The van der Waals surface area contributed by atoms with Crippen LogP contribution in [0.4, 0.5) is 17.5 Å². The summed E-state index contributed by atoms with van der Waals surface area (Å²) in [6.45, 7) is 8.56. The molecule has 0 aliphatic carbocycles. The summed E-state index contributed by atoms with van der Waals surface area (Å²) in [5, 5.41) is 7.18. The van der Waals surface area contributed by atoms with Gasteiger partial charge >= 0.3 is 0 Å². The van der Waals surface area contributed by atoms with E-state index in [9.17, 15) is 0 Å². The van der Waals surface area contributed by atoms with Crippen molar-refractivity contribution < 1.29 is 0 Å². The number of rotatable bonds is 9. The zero-order valence-corrected chi connectivity index (χ0v) is 14.5. The Morgan fingerprint density at radius 3 is 2.74 bits per heavy atom. The van der Waals surface area contributed by atoms with Crippen molar-refractivity contribution in [2.75, 3.05) is 36.8 Å². The maximum absolute atomic E-state index is 5.98. The molecule has 1 aromatic carbocycles. The summed E-state index contributed by atoms with van der Waals surface area (Å²) in [7, 11) is 0. The van der Waals surface area contributed by atoms with E-state index in [2.05, 4.69) is 39.3 Å². The Balaban J connectivity index is 1.85. The van der Waals surface area contributed by atoms with E-state index in [1.54, 1.807) is 6.20 Å². The number of aromatic nitrogens is 2. The first kappa shape index (κ1) is 17.5. The molecule has 1 aromatic heterocycles. The average Bonchev–Trinajstić information content (AvgIpc) is 2.55. The first-order chi connectivity index (χ1) is 11.2. The molecule has 0 bridgehead atoms. The maximum Gasteiger partial charge on any atom is 0.229 e. The minimum absolute atomic E-state index is 0.556. The summed E-state index contributed by atoms with van der Waals surface area (Å²) in [5.74, 6) is 1.38. The number of nitrogens with zero attached hydrogens (tertiary/aromatic N) is 3. The van der Waals surface area contributed by atoms with E-state index >= 15 is 0 Å². The van der Waals surface area contributed by atoms with Crippen molar-refractivity contribution in [3.8, 4) is 0 Å². The quantitative estimate of drug-likeness (QED) is 0.679. The standard InChI is InChI=1S/C17H24ClN5/c1-3-23(4-2)12-6-10-19-16-9-11-20-17(22-16)21-15-8-5-7-14(18)13-15/h5,7-9,11,13H,3-4,6,10,12H2,1-2H3,(H2,19,20,21,22). The van der Waals surface area contributed by atoms with Gasteiger partial charge in [0.25, 0.3) is 0 Å². The third-order valence-corrected chi connectivity index (χ3v) is 3.82. The van der Waals surface area contributed by atoms with E-state index in [-0.39, 0.29) is 0 Å². The maximum atomic E-state index is 5.98. The van der Waals surface area contributed by atoms with E-state index in [4.69, 9.17) is 11.6 Å². The van der Waals surface area contributed by atoms with Crippen LogP contribution in [0.15, 0.2) is 36.5 Å². The van der Waals surface area contributed by atoms with Gasteiger partial charge in [-0.05, 0) is 50.3 Å². The van der Waals surface area contributed by atoms with Crippen LogP contribution >= 0.6 is 11.6 Å². The molecule has 0 unspecified atom stereocenters. The topological polar surface area (TPSA) is 53.1 Å². The summed E-state index contributed by atoms with van der Waals surface area (Å²) in [6, 6.07) is 9.37. The van der Waals surface area contributed by atoms with Crippen LogP contribution in [0.5, 0.6) is 0 Å². The van der Waals surface area contributed by atoms with Gasteiger partial charge in [-0.25, -0.2) is 4.98 Å². The first-order valence-corrected chi connectivity index (χ1v) is 8.41. The Kier molecular flexibility index (Phi) is 7.10. The summed E-state index contributed by atoms with van der Waals surface area (Å²) >= 11 is 5.98. The minimum Gasteiger partial charge on any atom is -0.370 e. The van der Waals surface area contributed by atoms with Crippen LogP contribution in [0.1, 0.15) is 20.3 Å². The van der Waals surface area contributed by atoms with Gasteiger partial charge in [0.1, 0.15) is 5.82 Å². The molecular weight excluding hydrogens is 310 g/mol. The highest BCUT2D eigenvalue weighted by Gasteiger charge is 2.02. The Bertz CT molecular complexity index is 601. The van der Waals surface area contributed by atoms with Gasteiger partial charge < -0.3 is 15.5 Å². The van der Waals surface area contributed by atoms with Gasteiger partial charge in [0.05, 0.1) is 0 Å². The second-order valence-electron chi connectivity index (χ2n) is 5.21. The van der Waals surface area contributed by atoms with Crippen molar-refractivity contribution in [1.29, 1.82) is 0 Å². The molecule has 6 heteroatoms. The molecule has 0 aliphatic rings. The molecule has 0 saturated heterocycles. The second-order valence-corrected chi connectivity index (χ2v) is 5.64. The summed E-state index contributed by atoms with van der Waals surface area (Å²) in [6.07, 6.45) is 2.83. The lowest BCUT2D eigenvalue weighted by molar-refractivity contribution is 0.303. The Labute approximate surface area is 143 Å². The zero-order valence-electron chi connectivity index (χ0n) is 13.7. The van der Waals surface area contributed by atoms with Gasteiger partial charge in [-0.15, -0.1) is 0 Å². The molecule has 124 valence electrons. The highest BCUT2D eigenvalue weighted by molar-refractivity contribution is 6.30.